The van der Waals surface area contributed by atoms with Crippen molar-refractivity contribution >= 4 is 17.7 Å². The number of rotatable bonds is 4. The molecule has 0 radical (unpaired) electrons. The summed E-state index contributed by atoms with van der Waals surface area (Å²) in [5, 5.41) is 2.73. The van der Waals surface area contributed by atoms with Crippen LogP contribution in [0.5, 0.6) is 0 Å². The van der Waals surface area contributed by atoms with E-state index < -0.39 is 17.5 Å². The molecule has 6 heteroatoms. The second-order valence-corrected chi connectivity index (χ2v) is 7.81. The second kappa shape index (κ2) is 6.62. The third-order valence-electron chi connectivity index (χ3n) is 5.94. The van der Waals surface area contributed by atoms with Crippen LogP contribution in [0.1, 0.15) is 56.6 Å². The number of hydrogen-bond donors (Lipinski definition) is 1. The fraction of sp³-hybridized carbons (Fsp3) is 0.409. The molecule has 1 aromatic heterocycles. The van der Waals surface area contributed by atoms with E-state index in [1.54, 1.807) is 26.8 Å². The fourth-order valence-corrected chi connectivity index (χ4v) is 3.88. The van der Waals surface area contributed by atoms with Gasteiger partial charge in [0, 0.05) is 11.1 Å². The normalized spacial score (nSPS) is 19.3. The first-order valence-electron chi connectivity index (χ1n) is 9.29. The molecule has 2 aromatic rings. The zero-order valence-corrected chi connectivity index (χ0v) is 17.4. The van der Waals surface area contributed by atoms with Crippen LogP contribution in [0.15, 0.2) is 16.5 Å². The lowest BCUT2D eigenvalue weighted by Gasteiger charge is -2.21. The van der Waals surface area contributed by atoms with Crippen LogP contribution in [-0.4, -0.2) is 29.2 Å². The molecule has 1 unspecified atom stereocenters. The lowest BCUT2D eigenvalue weighted by Crippen LogP contribution is -2.41. The first-order chi connectivity index (χ1) is 13.0. The highest BCUT2D eigenvalue weighted by Gasteiger charge is 2.51. The van der Waals surface area contributed by atoms with Gasteiger partial charge in [-0.3, -0.25) is 14.5 Å². The number of amides is 3. The molecule has 6 nitrogen and oxygen atoms in total. The Morgan fingerprint density at radius 3 is 2.25 bits per heavy atom. The zero-order chi connectivity index (χ0) is 21.0. The Morgan fingerprint density at radius 1 is 1.04 bits per heavy atom. The van der Waals surface area contributed by atoms with Crippen molar-refractivity contribution in [1.82, 2.24) is 10.2 Å². The zero-order valence-electron chi connectivity index (χ0n) is 17.4. The minimum absolute atomic E-state index is 0.253. The number of nitrogens with one attached hydrogen (secondary N) is 1. The third kappa shape index (κ3) is 2.93. The van der Waals surface area contributed by atoms with Gasteiger partial charge in [-0.05, 0) is 82.9 Å². The molecule has 1 aliphatic rings. The number of hydrogen-bond acceptors (Lipinski definition) is 4. The molecule has 1 N–H and O–H groups in total. The van der Waals surface area contributed by atoms with Gasteiger partial charge in [0.05, 0.1) is 6.54 Å². The van der Waals surface area contributed by atoms with Gasteiger partial charge in [-0.2, -0.15) is 0 Å². The standard InChI is InChI=1S/C22H26N2O4/c1-11-8-17(15(5)14(4)13(11)3)19(25)10-24-20(26)22(7,23-21(24)27)18-9-12(2)28-16(18)6/h8-9H,10H2,1-7H3,(H,23,27). The van der Waals surface area contributed by atoms with E-state index in [0.717, 1.165) is 27.2 Å². The van der Waals surface area contributed by atoms with Gasteiger partial charge in [-0.25, -0.2) is 4.79 Å². The number of ketones is 1. The molecule has 3 rings (SSSR count). The maximum atomic E-state index is 13.1. The molecule has 0 spiro atoms. The van der Waals surface area contributed by atoms with Crippen molar-refractivity contribution in [3.63, 3.8) is 0 Å². The van der Waals surface area contributed by atoms with Gasteiger partial charge in [-0.15, -0.1) is 0 Å². The summed E-state index contributed by atoms with van der Waals surface area (Å²) in [7, 11) is 0. The van der Waals surface area contributed by atoms with Crippen LogP contribution >= 0.6 is 0 Å². The predicted octanol–water partition coefficient (Wildman–Crippen LogP) is 3.78. The fourth-order valence-electron chi connectivity index (χ4n) is 3.88. The van der Waals surface area contributed by atoms with E-state index in [-0.39, 0.29) is 12.3 Å². The van der Waals surface area contributed by atoms with Gasteiger partial charge >= 0.3 is 6.03 Å². The van der Waals surface area contributed by atoms with E-state index in [0.29, 0.717) is 22.6 Å². The van der Waals surface area contributed by atoms with Crippen molar-refractivity contribution in [2.24, 2.45) is 0 Å². The molecule has 28 heavy (non-hydrogen) atoms. The first-order valence-corrected chi connectivity index (χ1v) is 9.29. The quantitative estimate of drug-likeness (QED) is 0.645. The highest BCUT2D eigenvalue weighted by Crippen LogP contribution is 2.33. The van der Waals surface area contributed by atoms with Gasteiger partial charge in [0.25, 0.3) is 5.91 Å². The predicted molar refractivity (Wildman–Crippen MR) is 105 cm³/mol. The Labute approximate surface area is 164 Å². The highest BCUT2D eigenvalue weighted by atomic mass is 16.3. The number of Topliss-reactive ketones (excluding diaryl/α,β-unsaturated/α-hetero) is 1. The summed E-state index contributed by atoms with van der Waals surface area (Å²) in [4.78, 5) is 39.6. The molecule has 3 amide bonds. The van der Waals surface area contributed by atoms with E-state index in [9.17, 15) is 14.4 Å². The number of urea groups is 1. The Kier molecular flexibility index (Phi) is 4.69. The molecule has 0 bridgehead atoms. The van der Waals surface area contributed by atoms with Crippen molar-refractivity contribution in [3.8, 4) is 0 Å². The monoisotopic (exact) mass is 382 g/mol. The molecule has 2 heterocycles. The van der Waals surface area contributed by atoms with Gasteiger partial charge in [-0.1, -0.05) is 0 Å². The number of carbonyl (C=O) groups is 3. The number of carbonyl (C=O) groups excluding carboxylic acids is 3. The van der Waals surface area contributed by atoms with Crippen molar-refractivity contribution in [2.75, 3.05) is 6.54 Å². The van der Waals surface area contributed by atoms with Crippen LogP contribution in [0.25, 0.3) is 0 Å². The van der Waals surface area contributed by atoms with Gasteiger partial charge in [0.15, 0.2) is 5.78 Å². The molecule has 1 atom stereocenters. The molecule has 1 fully saturated rings. The lowest BCUT2D eigenvalue weighted by molar-refractivity contribution is -0.130. The topological polar surface area (TPSA) is 79.6 Å². The van der Waals surface area contributed by atoms with Crippen LogP contribution in [0.4, 0.5) is 4.79 Å². The maximum absolute atomic E-state index is 13.1. The Balaban J connectivity index is 1.92. The molecule has 1 aliphatic heterocycles. The average molecular weight is 382 g/mol. The molecule has 0 saturated carbocycles. The number of benzene rings is 1. The Morgan fingerprint density at radius 2 is 1.68 bits per heavy atom. The average Bonchev–Trinajstić information content (AvgIpc) is 3.07. The summed E-state index contributed by atoms with van der Waals surface area (Å²) >= 11 is 0. The molecule has 148 valence electrons. The SMILES string of the molecule is Cc1cc(C2(C)NC(=O)N(CC(=O)c3cc(C)c(C)c(C)c3C)C2=O)c(C)o1. The summed E-state index contributed by atoms with van der Waals surface area (Å²) < 4.78 is 5.53. The van der Waals surface area contributed by atoms with Gasteiger partial charge < -0.3 is 9.73 Å². The Bertz CT molecular complexity index is 1020. The van der Waals surface area contributed by atoms with Crippen molar-refractivity contribution in [2.45, 2.75) is 54.0 Å². The number of aryl methyl sites for hydroxylation is 3. The first kappa shape index (κ1) is 19.9. The number of nitrogens with zero attached hydrogens (tertiary/aromatic N) is 1. The van der Waals surface area contributed by atoms with Crippen LogP contribution in [-0.2, 0) is 10.3 Å². The van der Waals surface area contributed by atoms with Crippen LogP contribution < -0.4 is 5.32 Å². The maximum Gasteiger partial charge on any atom is 0.325 e. The molecular weight excluding hydrogens is 356 g/mol. The van der Waals surface area contributed by atoms with Crippen molar-refractivity contribution < 1.29 is 18.8 Å². The Hall–Kier alpha value is -2.89. The van der Waals surface area contributed by atoms with Crippen molar-refractivity contribution in [1.29, 1.82) is 0 Å². The number of imide groups is 1. The van der Waals surface area contributed by atoms with Crippen LogP contribution in [0.2, 0.25) is 0 Å². The molecule has 1 saturated heterocycles. The van der Waals surface area contributed by atoms with Crippen LogP contribution in [0.3, 0.4) is 0 Å². The minimum atomic E-state index is -1.24. The largest absolute Gasteiger partial charge is 0.466 e. The summed E-state index contributed by atoms with van der Waals surface area (Å²) in [6, 6.07) is 3.01. The lowest BCUT2D eigenvalue weighted by atomic mass is 9.91. The van der Waals surface area contributed by atoms with E-state index in [1.165, 1.54) is 0 Å². The van der Waals surface area contributed by atoms with Crippen molar-refractivity contribution in [3.05, 3.63) is 57.0 Å². The van der Waals surface area contributed by atoms with E-state index in [4.69, 9.17) is 4.42 Å². The second-order valence-electron chi connectivity index (χ2n) is 7.81. The van der Waals surface area contributed by atoms with Gasteiger partial charge in [0.1, 0.15) is 17.1 Å². The summed E-state index contributed by atoms with van der Waals surface area (Å²) in [6.45, 7) is 12.7. The summed E-state index contributed by atoms with van der Waals surface area (Å²) in [6.07, 6.45) is 0. The summed E-state index contributed by atoms with van der Waals surface area (Å²) in [5.41, 5.74) is 3.99. The molecule has 1 aromatic carbocycles. The van der Waals surface area contributed by atoms with E-state index >= 15 is 0 Å². The minimum Gasteiger partial charge on any atom is -0.466 e. The van der Waals surface area contributed by atoms with E-state index in [2.05, 4.69) is 5.32 Å². The third-order valence-corrected chi connectivity index (χ3v) is 5.94. The summed E-state index contributed by atoms with van der Waals surface area (Å²) in [5.74, 6) is 0.526. The van der Waals surface area contributed by atoms with Gasteiger partial charge in [0.2, 0.25) is 0 Å². The van der Waals surface area contributed by atoms with E-state index in [1.807, 2.05) is 33.8 Å². The molecule has 0 aliphatic carbocycles. The molecular formula is C22H26N2O4. The smallest absolute Gasteiger partial charge is 0.325 e. The highest BCUT2D eigenvalue weighted by molar-refractivity contribution is 6.11. The number of furan rings is 1. The van der Waals surface area contributed by atoms with Crippen LogP contribution in [0, 0.1) is 41.5 Å².